The lowest BCUT2D eigenvalue weighted by Gasteiger charge is -2.58. The molecule has 0 radical (unpaired) electrons. The molecule has 0 unspecified atom stereocenters. The SMILES string of the molecule is C=C1C(=O)C(SC(C)=O)=C2CC[C@@H]3[C@H](CC[C@]4(C)C(=O)CC[C@@H]34)[C@@]2(C)[C@@H]1F. The van der Waals surface area contributed by atoms with E-state index in [4.69, 9.17) is 0 Å². The lowest BCUT2D eigenvalue weighted by atomic mass is 9.46. The predicted octanol–water partition coefficient (Wildman–Crippen LogP) is 4.81. The second-order valence-corrected chi connectivity index (χ2v) is 10.4. The number of hydrogen-bond acceptors (Lipinski definition) is 4. The van der Waals surface area contributed by atoms with Crippen LogP contribution in [-0.2, 0) is 14.4 Å². The number of hydrogen-bond donors (Lipinski definition) is 0. The fraction of sp³-hybridized carbons (Fsp3) is 0.682. The molecule has 0 aliphatic heterocycles. The third kappa shape index (κ3) is 2.43. The Morgan fingerprint density at radius 1 is 1.15 bits per heavy atom. The molecule has 0 aromatic rings. The standard InChI is InChI=1S/C22H27FO3S/c1-11-18(26)19(27-12(2)24)16-6-5-13-14-7-8-17(25)21(14,3)10-9-15(13)22(16,4)20(11)23/h13-15,20H,1,5-10H2,2-4H3/t13-,14-,15-,20+,21-,22+/m0/s1. The second kappa shape index (κ2) is 6.13. The maximum absolute atomic E-state index is 15.6. The van der Waals surface area contributed by atoms with E-state index in [-0.39, 0.29) is 22.0 Å². The Hall–Kier alpha value is -1.23. The number of Topliss-reactive ketones (excluding diaryl/α,β-unsaturated/α-hetero) is 2. The molecule has 146 valence electrons. The van der Waals surface area contributed by atoms with E-state index in [1.807, 2.05) is 6.92 Å². The van der Waals surface area contributed by atoms with E-state index >= 15 is 4.39 Å². The van der Waals surface area contributed by atoms with Gasteiger partial charge in [0.1, 0.15) is 12.0 Å². The molecule has 4 rings (SSSR count). The Bertz CT molecular complexity index is 799. The monoisotopic (exact) mass is 390 g/mol. The zero-order chi connectivity index (χ0) is 19.7. The Labute approximate surface area is 164 Å². The quantitative estimate of drug-likeness (QED) is 0.603. The summed E-state index contributed by atoms with van der Waals surface area (Å²) < 4.78 is 15.6. The number of alkyl halides is 1. The van der Waals surface area contributed by atoms with Crippen molar-refractivity contribution in [2.24, 2.45) is 28.6 Å². The molecule has 27 heavy (non-hydrogen) atoms. The first-order chi connectivity index (χ1) is 12.6. The molecule has 3 fully saturated rings. The fourth-order valence-electron chi connectivity index (χ4n) is 6.72. The molecule has 0 bridgehead atoms. The van der Waals surface area contributed by atoms with Crippen molar-refractivity contribution in [2.45, 2.75) is 65.5 Å². The summed E-state index contributed by atoms with van der Waals surface area (Å²) in [6.45, 7) is 9.24. The van der Waals surface area contributed by atoms with Crippen molar-refractivity contribution in [3.63, 3.8) is 0 Å². The van der Waals surface area contributed by atoms with Crippen molar-refractivity contribution < 1.29 is 18.8 Å². The van der Waals surface area contributed by atoms with Gasteiger partial charge in [0.15, 0.2) is 10.9 Å². The summed E-state index contributed by atoms with van der Waals surface area (Å²) in [5.41, 5.74) is -0.245. The number of thioether (sulfide) groups is 1. The molecule has 0 N–H and O–H groups in total. The van der Waals surface area contributed by atoms with Gasteiger partial charge in [0, 0.05) is 29.7 Å². The van der Waals surface area contributed by atoms with Crippen LogP contribution in [0.25, 0.3) is 0 Å². The van der Waals surface area contributed by atoms with E-state index in [2.05, 4.69) is 13.5 Å². The van der Waals surface area contributed by atoms with Crippen molar-refractivity contribution in [3.05, 3.63) is 22.6 Å². The minimum absolute atomic E-state index is 0.0125. The van der Waals surface area contributed by atoms with Crippen LogP contribution in [0.3, 0.4) is 0 Å². The van der Waals surface area contributed by atoms with Crippen molar-refractivity contribution >= 4 is 28.4 Å². The number of allylic oxidation sites excluding steroid dienone is 2. The highest BCUT2D eigenvalue weighted by atomic mass is 32.2. The predicted molar refractivity (Wildman–Crippen MR) is 104 cm³/mol. The van der Waals surface area contributed by atoms with Crippen LogP contribution in [0, 0.1) is 28.6 Å². The van der Waals surface area contributed by atoms with Gasteiger partial charge >= 0.3 is 0 Å². The highest BCUT2D eigenvalue weighted by Crippen LogP contribution is 2.66. The van der Waals surface area contributed by atoms with Gasteiger partial charge in [-0.15, -0.1) is 0 Å². The fourth-order valence-corrected chi connectivity index (χ4v) is 7.68. The molecule has 0 saturated heterocycles. The largest absolute Gasteiger partial charge is 0.299 e. The van der Waals surface area contributed by atoms with Crippen molar-refractivity contribution in [1.82, 2.24) is 0 Å². The Morgan fingerprint density at radius 2 is 1.85 bits per heavy atom. The van der Waals surface area contributed by atoms with Gasteiger partial charge in [-0.2, -0.15) is 0 Å². The summed E-state index contributed by atoms with van der Waals surface area (Å²) in [4.78, 5) is 37.4. The van der Waals surface area contributed by atoms with Crippen molar-refractivity contribution in [3.8, 4) is 0 Å². The van der Waals surface area contributed by atoms with Crippen LogP contribution in [0.2, 0.25) is 0 Å². The van der Waals surface area contributed by atoms with Gasteiger partial charge in [0.2, 0.25) is 0 Å². The van der Waals surface area contributed by atoms with E-state index in [1.165, 1.54) is 6.92 Å². The molecule has 0 amide bonds. The molecular formula is C22H27FO3S. The van der Waals surface area contributed by atoms with Crippen LogP contribution in [0.15, 0.2) is 22.6 Å². The van der Waals surface area contributed by atoms with Crippen LogP contribution in [0.4, 0.5) is 4.39 Å². The van der Waals surface area contributed by atoms with Crippen molar-refractivity contribution in [1.29, 1.82) is 0 Å². The van der Waals surface area contributed by atoms with Crippen LogP contribution >= 0.6 is 11.8 Å². The van der Waals surface area contributed by atoms with Crippen LogP contribution in [-0.4, -0.2) is 22.9 Å². The molecule has 0 spiro atoms. The summed E-state index contributed by atoms with van der Waals surface area (Å²) in [6, 6.07) is 0. The smallest absolute Gasteiger partial charge is 0.198 e. The van der Waals surface area contributed by atoms with E-state index in [0.717, 1.165) is 43.0 Å². The van der Waals surface area contributed by atoms with E-state index in [9.17, 15) is 14.4 Å². The maximum atomic E-state index is 15.6. The minimum Gasteiger partial charge on any atom is -0.299 e. The molecule has 6 atom stereocenters. The number of carbonyl (C=O) groups excluding carboxylic acids is 3. The van der Waals surface area contributed by atoms with Crippen molar-refractivity contribution in [2.75, 3.05) is 0 Å². The molecule has 0 aromatic heterocycles. The van der Waals surface area contributed by atoms with E-state index in [1.54, 1.807) is 0 Å². The Morgan fingerprint density at radius 3 is 2.52 bits per heavy atom. The van der Waals surface area contributed by atoms with Gasteiger partial charge < -0.3 is 0 Å². The molecule has 0 aromatic carbocycles. The Kier molecular flexibility index (Phi) is 4.34. The van der Waals surface area contributed by atoms with Gasteiger partial charge in [0.25, 0.3) is 0 Å². The number of ketones is 2. The van der Waals surface area contributed by atoms with Gasteiger partial charge in [0.05, 0.1) is 4.91 Å². The summed E-state index contributed by atoms with van der Waals surface area (Å²) in [6.07, 6.45) is 3.22. The molecule has 3 nitrogen and oxygen atoms in total. The average molecular weight is 391 g/mol. The zero-order valence-electron chi connectivity index (χ0n) is 16.3. The maximum Gasteiger partial charge on any atom is 0.198 e. The molecule has 4 aliphatic rings. The molecule has 5 heteroatoms. The topological polar surface area (TPSA) is 51.2 Å². The van der Waals surface area contributed by atoms with E-state index in [0.29, 0.717) is 35.4 Å². The van der Waals surface area contributed by atoms with E-state index < -0.39 is 17.4 Å². The third-order valence-corrected chi connectivity index (χ3v) is 9.07. The van der Waals surface area contributed by atoms with Crippen LogP contribution in [0.1, 0.15) is 59.3 Å². The molecule has 0 heterocycles. The molecule has 4 aliphatic carbocycles. The number of fused-ring (bicyclic) bond motifs is 5. The summed E-state index contributed by atoms with van der Waals surface area (Å²) >= 11 is 0.942. The molecule has 3 saturated carbocycles. The molecular weight excluding hydrogens is 363 g/mol. The van der Waals surface area contributed by atoms with Gasteiger partial charge in [-0.1, -0.05) is 20.4 Å². The average Bonchev–Trinajstić information content (AvgIpc) is 2.92. The summed E-state index contributed by atoms with van der Waals surface area (Å²) in [5.74, 6) is 0.666. The van der Waals surface area contributed by atoms with Gasteiger partial charge in [-0.05, 0) is 67.2 Å². The second-order valence-electron chi connectivity index (χ2n) is 9.23. The zero-order valence-corrected chi connectivity index (χ0v) is 17.1. The van der Waals surface area contributed by atoms with Gasteiger partial charge in [-0.25, -0.2) is 4.39 Å². The Balaban J connectivity index is 1.81. The lowest BCUT2D eigenvalue weighted by Crippen LogP contribution is -2.55. The third-order valence-electron chi connectivity index (χ3n) is 8.14. The van der Waals surface area contributed by atoms with Crippen LogP contribution < -0.4 is 0 Å². The first-order valence-electron chi connectivity index (χ1n) is 9.95. The minimum atomic E-state index is -1.41. The van der Waals surface area contributed by atoms with Crippen LogP contribution in [0.5, 0.6) is 0 Å². The first-order valence-corrected chi connectivity index (χ1v) is 10.8. The number of carbonyl (C=O) groups is 3. The highest BCUT2D eigenvalue weighted by Gasteiger charge is 2.62. The summed E-state index contributed by atoms with van der Waals surface area (Å²) in [5, 5.41) is -0.155. The highest BCUT2D eigenvalue weighted by molar-refractivity contribution is 8.17. The first kappa shape index (κ1) is 19.1. The number of rotatable bonds is 1. The number of halogens is 1. The van der Waals surface area contributed by atoms with Gasteiger partial charge in [-0.3, -0.25) is 14.4 Å². The normalized spacial score (nSPS) is 44.1. The lowest BCUT2D eigenvalue weighted by molar-refractivity contribution is -0.133. The summed E-state index contributed by atoms with van der Waals surface area (Å²) in [7, 11) is 0.